The van der Waals surface area contributed by atoms with Gasteiger partial charge in [0.25, 0.3) is 0 Å². The molecular weight excluding hydrogens is 263 g/mol. The molecule has 1 aliphatic carbocycles. The van der Waals surface area contributed by atoms with Crippen LogP contribution in [0.15, 0.2) is 36.0 Å². The molecule has 112 valence electrons. The van der Waals surface area contributed by atoms with Crippen LogP contribution in [-0.2, 0) is 6.42 Å². The summed E-state index contributed by atoms with van der Waals surface area (Å²) in [7, 11) is 0. The van der Waals surface area contributed by atoms with Gasteiger partial charge >= 0.3 is 0 Å². The van der Waals surface area contributed by atoms with Crippen LogP contribution < -0.4 is 5.73 Å². The molecule has 1 aromatic carbocycles. The van der Waals surface area contributed by atoms with Crippen LogP contribution in [0.3, 0.4) is 0 Å². The first kappa shape index (κ1) is 15.5. The zero-order valence-corrected chi connectivity index (χ0v) is 12.6. The average Bonchev–Trinajstić information content (AvgIpc) is 2.43. The molecule has 0 aromatic heterocycles. The van der Waals surface area contributed by atoms with Gasteiger partial charge in [-0.25, -0.2) is 4.39 Å². The highest BCUT2D eigenvalue weighted by molar-refractivity contribution is 5.79. The van der Waals surface area contributed by atoms with Gasteiger partial charge in [-0.3, -0.25) is 4.99 Å². The Balaban J connectivity index is 2.46. The second-order valence-corrected chi connectivity index (χ2v) is 5.44. The van der Waals surface area contributed by atoms with Crippen LogP contribution in [0.25, 0.3) is 5.70 Å². The molecule has 2 nitrogen and oxygen atoms in total. The second-order valence-electron chi connectivity index (χ2n) is 5.44. The molecule has 0 saturated heterocycles. The van der Waals surface area contributed by atoms with Crippen molar-refractivity contribution in [2.75, 3.05) is 0 Å². The number of nitrogens with two attached hydrogens (primary N) is 1. The first-order valence-electron chi connectivity index (χ1n) is 7.61. The maximum Gasteiger partial charge on any atom is 0.136 e. The van der Waals surface area contributed by atoms with Gasteiger partial charge in [-0.15, -0.1) is 0 Å². The molecule has 0 unspecified atom stereocenters. The van der Waals surface area contributed by atoms with E-state index in [1.165, 1.54) is 37.2 Å². The molecular formula is C18H23FN2. The molecule has 21 heavy (non-hydrogen) atoms. The topological polar surface area (TPSA) is 38.4 Å². The Morgan fingerprint density at radius 1 is 1.48 bits per heavy atom. The molecule has 3 heteroatoms. The second kappa shape index (κ2) is 7.21. The fourth-order valence-corrected chi connectivity index (χ4v) is 2.78. The zero-order chi connectivity index (χ0) is 15.2. The van der Waals surface area contributed by atoms with Gasteiger partial charge in [0, 0.05) is 18.0 Å². The standard InChI is InChI=1S/C18H23FN2/c1-3-6-15-14(13-7-5-8-13)9-10-16(18(15)19)17(12-20)21-11-4-2/h4,9-13H,2-3,5-8,20H2,1H3/b17-12-,21-11-. The summed E-state index contributed by atoms with van der Waals surface area (Å²) in [5.41, 5.74) is 8.54. The van der Waals surface area contributed by atoms with Crippen LogP contribution in [0, 0.1) is 5.82 Å². The summed E-state index contributed by atoms with van der Waals surface area (Å²) in [4.78, 5) is 4.15. The number of hydrogen-bond acceptors (Lipinski definition) is 2. The summed E-state index contributed by atoms with van der Waals surface area (Å²) in [5, 5.41) is 0. The van der Waals surface area contributed by atoms with Gasteiger partial charge in [-0.2, -0.15) is 0 Å². The minimum atomic E-state index is -0.167. The first-order chi connectivity index (χ1) is 10.2. The number of hydrogen-bond donors (Lipinski definition) is 1. The zero-order valence-electron chi connectivity index (χ0n) is 12.6. The quantitative estimate of drug-likeness (QED) is 0.765. The molecule has 0 spiro atoms. The Morgan fingerprint density at radius 3 is 2.76 bits per heavy atom. The molecule has 1 aliphatic rings. The van der Waals surface area contributed by atoms with Crippen molar-refractivity contribution in [1.29, 1.82) is 0 Å². The van der Waals surface area contributed by atoms with E-state index in [4.69, 9.17) is 5.73 Å². The summed E-state index contributed by atoms with van der Waals surface area (Å²) < 4.78 is 14.9. The van der Waals surface area contributed by atoms with Crippen molar-refractivity contribution in [1.82, 2.24) is 0 Å². The van der Waals surface area contributed by atoms with E-state index in [2.05, 4.69) is 24.6 Å². The van der Waals surface area contributed by atoms with Crippen LogP contribution in [0.1, 0.15) is 55.2 Å². The van der Waals surface area contributed by atoms with E-state index in [9.17, 15) is 4.39 Å². The monoisotopic (exact) mass is 286 g/mol. The van der Waals surface area contributed by atoms with Crippen LogP contribution >= 0.6 is 0 Å². The molecule has 0 heterocycles. The van der Waals surface area contributed by atoms with Gasteiger partial charge in [0.2, 0.25) is 0 Å². The predicted molar refractivity (Wildman–Crippen MR) is 87.8 cm³/mol. The van der Waals surface area contributed by atoms with Crippen molar-refractivity contribution in [3.05, 3.63) is 53.5 Å². The van der Waals surface area contributed by atoms with Gasteiger partial charge in [0.15, 0.2) is 0 Å². The third kappa shape index (κ3) is 3.23. The maximum atomic E-state index is 14.9. The van der Waals surface area contributed by atoms with E-state index in [0.29, 0.717) is 17.2 Å². The summed E-state index contributed by atoms with van der Waals surface area (Å²) >= 11 is 0. The lowest BCUT2D eigenvalue weighted by Gasteiger charge is -2.28. The van der Waals surface area contributed by atoms with E-state index >= 15 is 0 Å². The van der Waals surface area contributed by atoms with Crippen LogP contribution in [0.4, 0.5) is 4.39 Å². The summed E-state index contributed by atoms with van der Waals surface area (Å²) in [6, 6.07) is 3.86. The van der Waals surface area contributed by atoms with Crippen LogP contribution in [0.5, 0.6) is 0 Å². The van der Waals surface area contributed by atoms with E-state index < -0.39 is 0 Å². The number of allylic oxidation sites excluding steroid dienone is 1. The largest absolute Gasteiger partial charge is 0.403 e. The van der Waals surface area contributed by atoms with Gasteiger partial charge in [0.1, 0.15) is 5.82 Å². The highest BCUT2D eigenvalue weighted by Gasteiger charge is 2.25. The van der Waals surface area contributed by atoms with Gasteiger partial charge in [0.05, 0.1) is 5.70 Å². The molecule has 0 bridgehead atoms. The van der Waals surface area contributed by atoms with Crippen LogP contribution in [0.2, 0.25) is 0 Å². The number of halogens is 1. The molecule has 1 fully saturated rings. The Bertz CT molecular complexity index is 569. The molecule has 0 aliphatic heterocycles. The van der Waals surface area contributed by atoms with Crippen molar-refractivity contribution < 1.29 is 4.39 Å². The van der Waals surface area contributed by atoms with Crippen molar-refractivity contribution in [3.8, 4) is 0 Å². The molecule has 1 aromatic rings. The lowest BCUT2D eigenvalue weighted by atomic mass is 9.77. The van der Waals surface area contributed by atoms with Crippen molar-refractivity contribution in [2.24, 2.45) is 10.7 Å². The summed E-state index contributed by atoms with van der Waals surface area (Å²) in [6.07, 6.45) is 9.70. The number of benzene rings is 1. The van der Waals surface area contributed by atoms with E-state index in [1.54, 1.807) is 12.1 Å². The Labute approximate surface area is 126 Å². The first-order valence-corrected chi connectivity index (χ1v) is 7.61. The van der Waals surface area contributed by atoms with Crippen LogP contribution in [-0.4, -0.2) is 6.21 Å². The lowest BCUT2D eigenvalue weighted by molar-refractivity contribution is 0.414. The number of aliphatic imine (C=N–C) groups is 1. The molecule has 2 rings (SSSR count). The SMILES string of the molecule is C=C/C=N\C(=C/N)c1ccc(C2CCC2)c(CCC)c1F. The Morgan fingerprint density at radius 2 is 2.24 bits per heavy atom. The molecule has 0 radical (unpaired) electrons. The Hall–Kier alpha value is -1.90. The van der Waals surface area contributed by atoms with Crippen molar-refractivity contribution in [2.45, 2.75) is 44.9 Å². The van der Waals surface area contributed by atoms with Crippen molar-refractivity contribution in [3.63, 3.8) is 0 Å². The van der Waals surface area contributed by atoms with Crippen molar-refractivity contribution >= 4 is 11.9 Å². The predicted octanol–water partition coefficient (Wildman–Crippen LogP) is 4.56. The minimum Gasteiger partial charge on any atom is -0.403 e. The van der Waals surface area contributed by atoms with Gasteiger partial charge in [-0.05, 0) is 42.4 Å². The highest BCUT2D eigenvalue weighted by atomic mass is 19.1. The van der Waals surface area contributed by atoms with E-state index in [0.717, 1.165) is 18.4 Å². The fourth-order valence-electron chi connectivity index (χ4n) is 2.78. The minimum absolute atomic E-state index is 0.167. The number of rotatable bonds is 6. The lowest BCUT2D eigenvalue weighted by Crippen LogP contribution is -2.13. The fraction of sp³-hybridized carbons (Fsp3) is 0.389. The molecule has 0 atom stereocenters. The van der Waals surface area contributed by atoms with E-state index in [1.807, 2.05) is 0 Å². The molecule has 1 saturated carbocycles. The smallest absolute Gasteiger partial charge is 0.136 e. The van der Waals surface area contributed by atoms with Gasteiger partial charge in [-0.1, -0.05) is 38.5 Å². The third-order valence-electron chi connectivity index (χ3n) is 4.08. The molecule has 0 amide bonds. The number of nitrogens with zero attached hydrogens (tertiary/aromatic N) is 1. The maximum absolute atomic E-state index is 14.9. The van der Waals surface area contributed by atoms with Gasteiger partial charge < -0.3 is 5.73 Å². The average molecular weight is 286 g/mol. The normalized spacial score (nSPS) is 16.2. The third-order valence-corrected chi connectivity index (χ3v) is 4.08. The summed E-state index contributed by atoms with van der Waals surface area (Å²) in [6.45, 7) is 5.65. The summed E-state index contributed by atoms with van der Waals surface area (Å²) in [5.74, 6) is 0.358. The molecule has 2 N–H and O–H groups in total. The Kier molecular flexibility index (Phi) is 5.32. The highest BCUT2D eigenvalue weighted by Crippen LogP contribution is 2.40. The van der Waals surface area contributed by atoms with E-state index in [-0.39, 0.29) is 5.82 Å².